The van der Waals surface area contributed by atoms with Crippen LogP contribution >= 0.6 is 11.6 Å². The van der Waals surface area contributed by atoms with Crippen LogP contribution in [0.5, 0.6) is 0 Å². The highest BCUT2D eigenvalue weighted by Gasteiger charge is 2.58. The summed E-state index contributed by atoms with van der Waals surface area (Å²) in [7, 11) is 0. The molecular formula is C25H30ClF3N4O5. The third kappa shape index (κ3) is 8.17. The van der Waals surface area contributed by atoms with E-state index >= 15 is 0 Å². The van der Waals surface area contributed by atoms with Gasteiger partial charge in [-0.2, -0.15) is 13.2 Å². The number of nitrogens with one attached hydrogen (secondary N) is 4. The van der Waals surface area contributed by atoms with Gasteiger partial charge in [-0.05, 0) is 57.2 Å². The number of halogens is 4. The van der Waals surface area contributed by atoms with E-state index in [1.54, 1.807) is 6.92 Å². The molecule has 4 amide bonds. The van der Waals surface area contributed by atoms with Crippen LogP contribution in [0.1, 0.15) is 62.7 Å². The first-order valence-electron chi connectivity index (χ1n) is 12.4. The Bertz CT molecular complexity index is 1110. The van der Waals surface area contributed by atoms with E-state index in [-0.39, 0.29) is 53.5 Å². The predicted molar refractivity (Wildman–Crippen MR) is 132 cm³/mol. The molecule has 0 radical (unpaired) electrons. The van der Waals surface area contributed by atoms with Gasteiger partial charge in [-0.3, -0.25) is 24.0 Å². The lowest BCUT2D eigenvalue weighted by Gasteiger charge is -2.19. The fourth-order valence-corrected chi connectivity index (χ4v) is 3.93. The monoisotopic (exact) mass is 558 g/mol. The van der Waals surface area contributed by atoms with Gasteiger partial charge < -0.3 is 21.3 Å². The molecule has 38 heavy (non-hydrogen) atoms. The maximum absolute atomic E-state index is 13.2. The molecule has 13 heteroatoms. The van der Waals surface area contributed by atoms with E-state index in [9.17, 15) is 37.1 Å². The Morgan fingerprint density at radius 1 is 1.11 bits per heavy atom. The van der Waals surface area contributed by atoms with Crippen molar-refractivity contribution in [3.05, 3.63) is 28.8 Å². The fraction of sp³-hybridized carbons (Fsp3) is 0.560. The molecule has 2 fully saturated rings. The Morgan fingerprint density at radius 2 is 1.79 bits per heavy atom. The van der Waals surface area contributed by atoms with Crippen LogP contribution in [-0.2, 0) is 19.2 Å². The van der Waals surface area contributed by atoms with Gasteiger partial charge in [0.2, 0.25) is 17.6 Å². The Kier molecular flexibility index (Phi) is 9.40. The number of carbonyl (C=O) groups excluding carboxylic acids is 5. The Balaban J connectivity index is 1.74. The molecule has 2 aliphatic carbocycles. The van der Waals surface area contributed by atoms with E-state index < -0.39 is 47.6 Å². The van der Waals surface area contributed by atoms with E-state index in [2.05, 4.69) is 21.3 Å². The van der Waals surface area contributed by atoms with Crippen molar-refractivity contribution in [2.45, 2.75) is 76.7 Å². The number of hydrogen-bond acceptors (Lipinski definition) is 5. The van der Waals surface area contributed by atoms with E-state index in [4.69, 9.17) is 11.6 Å². The quantitative estimate of drug-likeness (QED) is 0.293. The van der Waals surface area contributed by atoms with Crippen LogP contribution < -0.4 is 21.3 Å². The zero-order valence-corrected chi connectivity index (χ0v) is 21.7. The van der Waals surface area contributed by atoms with Crippen LogP contribution in [-0.4, -0.2) is 53.7 Å². The number of amides is 4. The molecule has 0 aliphatic heterocycles. The van der Waals surface area contributed by atoms with Gasteiger partial charge in [0.05, 0.1) is 29.1 Å². The van der Waals surface area contributed by atoms with Crippen molar-refractivity contribution in [3.8, 4) is 0 Å². The van der Waals surface area contributed by atoms with Crippen molar-refractivity contribution in [2.75, 3.05) is 5.32 Å². The smallest absolute Gasteiger partial charge is 0.354 e. The van der Waals surface area contributed by atoms with Crippen molar-refractivity contribution < 1.29 is 37.1 Å². The summed E-state index contributed by atoms with van der Waals surface area (Å²) in [6.45, 7) is 3.69. The van der Waals surface area contributed by atoms with Gasteiger partial charge in [0.25, 0.3) is 11.8 Å². The predicted octanol–water partition coefficient (Wildman–Crippen LogP) is 3.12. The van der Waals surface area contributed by atoms with Gasteiger partial charge in [-0.1, -0.05) is 18.5 Å². The molecule has 2 saturated carbocycles. The van der Waals surface area contributed by atoms with Gasteiger partial charge in [-0.15, -0.1) is 0 Å². The average Bonchev–Trinajstić information content (AvgIpc) is 3.76. The second kappa shape index (κ2) is 12.1. The van der Waals surface area contributed by atoms with Crippen LogP contribution in [0, 0.1) is 11.8 Å². The normalized spacial score (nSPS) is 20.1. The highest BCUT2D eigenvalue weighted by molar-refractivity contribution is 6.38. The number of alkyl halides is 3. The topological polar surface area (TPSA) is 133 Å². The highest BCUT2D eigenvalue weighted by atomic mass is 35.5. The molecule has 1 aromatic rings. The molecule has 0 heterocycles. The highest BCUT2D eigenvalue weighted by Crippen LogP contribution is 2.50. The summed E-state index contributed by atoms with van der Waals surface area (Å²) in [6, 6.07) is 2.19. The Hall–Kier alpha value is -3.15. The molecule has 2 aliphatic rings. The summed E-state index contributed by atoms with van der Waals surface area (Å²) in [5, 5.41) is 10.1. The second-order valence-corrected chi connectivity index (χ2v) is 10.2. The number of benzene rings is 1. The molecule has 1 aromatic carbocycles. The number of Topliss-reactive ketones (excluding diaryl/α,β-unsaturated/α-hetero) is 1. The SMILES string of the molecule is CC[C@@H](C)NC(=O)CC[C@H](NC(=O)c1cc(Cl)ccc1NC(=O)C1CC1C(F)(F)F)C(=O)C(=O)NC1CC1. The summed E-state index contributed by atoms with van der Waals surface area (Å²) in [5.74, 6) is -7.03. The van der Waals surface area contributed by atoms with Crippen LogP contribution in [0.15, 0.2) is 18.2 Å². The van der Waals surface area contributed by atoms with Gasteiger partial charge in [0.15, 0.2) is 0 Å². The zero-order chi connectivity index (χ0) is 28.2. The summed E-state index contributed by atoms with van der Waals surface area (Å²) >= 11 is 6.01. The third-order valence-corrected chi connectivity index (χ3v) is 6.70. The van der Waals surface area contributed by atoms with E-state index in [0.29, 0.717) is 6.42 Å². The molecule has 0 aromatic heterocycles. The Morgan fingerprint density at radius 3 is 2.37 bits per heavy atom. The maximum Gasteiger partial charge on any atom is 0.392 e. The van der Waals surface area contributed by atoms with E-state index in [1.807, 2.05) is 6.92 Å². The van der Waals surface area contributed by atoms with Crippen LogP contribution in [0.3, 0.4) is 0 Å². The van der Waals surface area contributed by atoms with Crippen LogP contribution in [0.25, 0.3) is 0 Å². The van der Waals surface area contributed by atoms with Gasteiger partial charge in [0, 0.05) is 23.5 Å². The van der Waals surface area contributed by atoms with Gasteiger partial charge in [-0.25, -0.2) is 0 Å². The summed E-state index contributed by atoms with van der Waals surface area (Å²) in [4.78, 5) is 63.1. The molecule has 208 valence electrons. The third-order valence-electron chi connectivity index (χ3n) is 6.47. The standard InChI is InChI=1S/C25H30ClF3N4O5/c1-3-12(2)30-20(34)9-8-19(21(35)24(38)31-14-5-6-14)33-23(37)16-10-13(26)4-7-18(16)32-22(36)15-11-17(15)25(27,28)29/h4,7,10,12,14-15,17,19H,3,5-6,8-9,11H2,1-2H3,(H,30,34)(H,31,38)(H,32,36)(H,33,37)/t12-,15?,17?,19+/m1/s1. The molecule has 9 nitrogen and oxygen atoms in total. The minimum absolute atomic E-state index is 0.0926. The first kappa shape index (κ1) is 29.4. The van der Waals surface area contributed by atoms with Crippen LogP contribution in [0.2, 0.25) is 5.02 Å². The Labute approximate surface area is 222 Å². The molecule has 3 rings (SSSR count). The zero-order valence-electron chi connectivity index (χ0n) is 20.9. The average molecular weight is 559 g/mol. The summed E-state index contributed by atoms with van der Waals surface area (Å²) < 4.78 is 38.6. The second-order valence-electron chi connectivity index (χ2n) is 9.72. The van der Waals surface area contributed by atoms with Crippen molar-refractivity contribution in [1.29, 1.82) is 0 Å². The number of anilines is 1. The minimum Gasteiger partial charge on any atom is -0.354 e. The summed E-state index contributed by atoms with van der Waals surface area (Å²) in [6.07, 6.45) is -3.04. The van der Waals surface area contributed by atoms with Crippen molar-refractivity contribution in [3.63, 3.8) is 0 Å². The lowest BCUT2D eigenvalue weighted by atomic mass is 10.0. The van der Waals surface area contributed by atoms with Crippen molar-refractivity contribution >= 4 is 46.7 Å². The van der Waals surface area contributed by atoms with E-state index in [1.165, 1.54) is 18.2 Å². The lowest BCUT2D eigenvalue weighted by Crippen LogP contribution is -2.48. The molecule has 4 atom stereocenters. The number of ketones is 1. The van der Waals surface area contributed by atoms with Crippen molar-refractivity contribution in [2.24, 2.45) is 11.8 Å². The minimum atomic E-state index is -4.50. The van der Waals surface area contributed by atoms with E-state index in [0.717, 1.165) is 12.8 Å². The molecule has 0 saturated heterocycles. The number of hydrogen-bond donors (Lipinski definition) is 4. The van der Waals surface area contributed by atoms with Crippen molar-refractivity contribution in [1.82, 2.24) is 16.0 Å². The van der Waals surface area contributed by atoms with Crippen LogP contribution in [0.4, 0.5) is 18.9 Å². The first-order chi connectivity index (χ1) is 17.8. The summed E-state index contributed by atoms with van der Waals surface area (Å²) in [5.41, 5.74) is -0.313. The molecule has 0 spiro atoms. The van der Waals surface area contributed by atoms with Gasteiger partial charge >= 0.3 is 6.18 Å². The first-order valence-corrected chi connectivity index (χ1v) is 12.8. The molecule has 4 N–H and O–H groups in total. The largest absolute Gasteiger partial charge is 0.392 e. The number of carbonyl (C=O) groups is 5. The maximum atomic E-state index is 13.2. The molecular weight excluding hydrogens is 529 g/mol. The van der Waals surface area contributed by atoms with Gasteiger partial charge in [0.1, 0.15) is 0 Å². The number of rotatable bonds is 12. The lowest BCUT2D eigenvalue weighted by molar-refractivity contribution is -0.153. The molecule has 0 bridgehead atoms. The fourth-order valence-electron chi connectivity index (χ4n) is 3.76. The molecule has 2 unspecified atom stereocenters.